The lowest BCUT2D eigenvalue weighted by molar-refractivity contribution is 0.394. The Bertz CT molecular complexity index is 772. The van der Waals surface area contributed by atoms with E-state index in [9.17, 15) is 0 Å². The predicted octanol–water partition coefficient (Wildman–Crippen LogP) is 3.17. The molecule has 2 saturated heterocycles. The van der Waals surface area contributed by atoms with Crippen LogP contribution in [0.3, 0.4) is 0 Å². The van der Waals surface area contributed by atoms with Gasteiger partial charge in [-0.15, -0.1) is 0 Å². The molecule has 28 heavy (non-hydrogen) atoms. The van der Waals surface area contributed by atoms with Crippen LogP contribution in [0.4, 0.5) is 17.3 Å². The maximum atomic E-state index is 5.41. The van der Waals surface area contributed by atoms with Gasteiger partial charge in [0.1, 0.15) is 29.5 Å². The van der Waals surface area contributed by atoms with Gasteiger partial charge in [0.25, 0.3) is 0 Å². The van der Waals surface area contributed by atoms with Gasteiger partial charge in [0, 0.05) is 62.2 Å². The van der Waals surface area contributed by atoms with E-state index in [4.69, 9.17) is 9.47 Å². The molecule has 2 fully saturated rings. The molecule has 1 atom stereocenters. The summed E-state index contributed by atoms with van der Waals surface area (Å²) in [6.45, 7) is 4.08. The first-order valence-electron chi connectivity index (χ1n) is 10.1. The Kier molecular flexibility index (Phi) is 5.69. The molecule has 2 aliphatic heterocycles. The number of benzene rings is 1. The number of aromatic nitrogens is 2. The zero-order valence-corrected chi connectivity index (χ0v) is 16.7. The fourth-order valence-corrected chi connectivity index (χ4v) is 4.02. The zero-order chi connectivity index (χ0) is 19.3. The lowest BCUT2D eigenvalue weighted by Crippen LogP contribution is -2.30. The third-order valence-corrected chi connectivity index (χ3v) is 5.57. The van der Waals surface area contributed by atoms with Crippen LogP contribution in [0.5, 0.6) is 11.5 Å². The molecule has 150 valence electrons. The smallest absolute Gasteiger partial charge is 0.134 e. The second-order valence-electron chi connectivity index (χ2n) is 7.46. The fourth-order valence-electron chi connectivity index (χ4n) is 4.02. The van der Waals surface area contributed by atoms with E-state index in [0.29, 0.717) is 6.04 Å². The Labute approximate surface area is 166 Å². The predicted molar refractivity (Wildman–Crippen MR) is 112 cm³/mol. The molecule has 1 aromatic heterocycles. The molecular formula is C21H29N5O2. The summed E-state index contributed by atoms with van der Waals surface area (Å²) in [4.78, 5) is 13.6. The summed E-state index contributed by atoms with van der Waals surface area (Å²) in [6.07, 6.45) is 6.54. The molecule has 4 rings (SSSR count). The summed E-state index contributed by atoms with van der Waals surface area (Å²) in [5.41, 5.74) is 1.12. The van der Waals surface area contributed by atoms with Crippen molar-refractivity contribution in [2.24, 2.45) is 0 Å². The number of ether oxygens (including phenoxy) is 2. The molecule has 7 nitrogen and oxygen atoms in total. The van der Waals surface area contributed by atoms with Crippen LogP contribution in [0, 0.1) is 0 Å². The van der Waals surface area contributed by atoms with Gasteiger partial charge < -0.3 is 24.6 Å². The number of piperidine rings is 1. The van der Waals surface area contributed by atoms with E-state index in [1.165, 1.54) is 19.3 Å². The Balaban J connectivity index is 1.41. The molecule has 0 saturated carbocycles. The molecule has 0 bridgehead atoms. The maximum absolute atomic E-state index is 5.41. The van der Waals surface area contributed by atoms with Crippen LogP contribution in [-0.2, 0) is 0 Å². The van der Waals surface area contributed by atoms with Crippen molar-refractivity contribution in [3.63, 3.8) is 0 Å². The molecule has 2 aliphatic rings. The molecular weight excluding hydrogens is 354 g/mol. The molecule has 0 aliphatic carbocycles. The van der Waals surface area contributed by atoms with Crippen molar-refractivity contribution in [2.75, 3.05) is 55.5 Å². The number of anilines is 3. The molecule has 1 N–H and O–H groups in total. The van der Waals surface area contributed by atoms with Gasteiger partial charge in [-0.3, -0.25) is 0 Å². The van der Waals surface area contributed by atoms with Gasteiger partial charge in [-0.05, 0) is 25.7 Å². The minimum absolute atomic E-state index is 0.348. The van der Waals surface area contributed by atoms with E-state index in [1.54, 1.807) is 20.5 Å². The first kappa shape index (κ1) is 18.7. The number of nitrogens with zero attached hydrogens (tertiary/aromatic N) is 4. The van der Waals surface area contributed by atoms with Crippen LogP contribution in [0.2, 0.25) is 0 Å². The van der Waals surface area contributed by atoms with Crippen molar-refractivity contribution in [1.82, 2.24) is 9.97 Å². The zero-order valence-electron chi connectivity index (χ0n) is 16.7. The number of methoxy groups -OCH3 is 2. The third kappa shape index (κ3) is 4.24. The van der Waals surface area contributed by atoms with Crippen LogP contribution in [0.1, 0.15) is 25.7 Å². The average molecular weight is 383 g/mol. The lowest BCUT2D eigenvalue weighted by atomic mass is 10.1. The van der Waals surface area contributed by atoms with Crippen LogP contribution < -0.4 is 24.6 Å². The minimum Gasteiger partial charge on any atom is -0.497 e. The topological polar surface area (TPSA) is 62.8 Å². The second-order valence-corrected chi connectivity index (χ2v) is 7.46. The molecule has 1 unspecified atom stereocenters. The van der Waals surface area contributed by atoms with Crippen molar-refractivity contribution in [2.45, 2.75) is 31.7 Å². The SMILES string of the molecule is COc1cc(OC)cc(N2CCC(Nc3cc(N4CCCCC4)ncn3)C2)c1. The van der Waals surface area contributed by atoms with Gasteiger partial charge >= 0.3 is 0 Å². The summed E-state index contributed by atoms with van der Waals surface area (Å²) in [5.74, 6) is 3.57. The molecule has 2 aromatic rings. The van der Waals surface area contributed by atoms with Crippen molar-refractivity contribution in [3.8, 4) is 11.5 Å². The largest absolute Gasteiger partial charge is 0.497 e. The molecule has 7 heteroatoms. The first-order chi connectivity index (χ1) is 13.7. The summed E-state index contributed by atoms with van der Waals surface area (Å²) in [6, 6.07) is 8.45. The van der Waals surface area contributed by atoms with Gasteiger partial charge in [-0.2, -0.15) is 0 Å². The highest BCUT2D eigenvalue weighted by Crippen LogP contribution is 2.31. The average Bonchev–Trinajstić information content (AvgIpc) is 3.22. The van der Waals surface area contributed by atoms with Crippen molar-refractivity contribution < 1.29 is 9.47 Å². The second kappa shape index (κ2) is 8.54. The standard InChI is InChI=1S/C21H29N5O2/c1-27-18-10-17(11-19(12-18)28-2)26-9-6-16(14-26)24-20-13-21(23-15-22-20)25-7-4-3-5-8-25/h10-13,15-16H,3-9,14H2,1-2H3,(H,22,23,24). The van der Waals surface area contributed by atoms with E-state index in [2.05, 4.69) is 43.3 Å². The highest BCUT2D eigenvalue weighted by molar-refractivity contribution is 5.57. The third-order valence-electron chi connectivity index (χ3n) is 5.57. The number of hydrogen-bond donors (Lipinski definition) is 1. The Morgan fingerprint density at radius 3 is 2.36 bits per heavy atom. The van der Waals surface area contributed by atoms with Crippen LogP contribution in [-0.4, -0.2) is 56.4 Å². The van der Waals surface area contributed by atoms with Crippen LogP contribution >= 0.6 is 0 Å². The van der Waals surface area contributed by atoms with Gasteiger partial charge in [-0.1, -0.05) is 0 Å². The number of nitrogens with one attached hydrogen (secondary N) is 1. The summed E-state index contributed by atoms with van der Waals surface area (Å²) >= 11 is 0. The van der Waals surface area contributed by atoms with Crippen molar-refractivity contribution in [1.29, 1.82) is 0 Å². The molecule has 1 aromatic carbocycles. The van der Waals surface area contributed by atoms with Crippen molar-refractivity contribution >= 4 is 17.3 Å². The Morgan fingerprint density at radius 2 is 1.64 bits per heavy atom. The van der Waals surface area contributed by atoms with Gasteiger partial charge in [-0.25, -0.2) is 9.97 Å². The summed E-state index contributed by atoms with van der Waals surface area (Å²) in [5, 5.41) is 3.60. The highest BCUT2D eigenvalue weighted by Gasteiger charge is 2.24. The normalized spacial score (nSPS) is 19.6. The maximum Gasteiger partial charge on any atom is 0.134 e. The minimum atomic E-state index is 0.348. The van der Waals surface area contributed by atoms with Crippen LogP contribution in [0.15, 0.2) is 30.6 Å². The monoisotopic (exact) mass is 383 g/mol. The molecule has 0 radical (unpaired) electrons. The van der Waals surface area contributed by atoms with E-state index < -0.39 is 0 Å². The lowest BCUT2D eigenvalue weighted by Gasteiger charge is -2.28. The molecule has 3 heterocycles. The quantitative estimate of drug-likeness (QED) is 0.822. The summed E-state index contributed by atoms with van der Waals surface area (Å²) in [7, 11) is 3.36. The van der Waals surface area contributed by atoms with Crippen molar-refractivity contribution in [3.05, 3.63) is 30.6 Å². The van der Waals surface area contributed by atoms with Gasteiger partial charge in [0.15, 0.2) is 0 Å². The highest BCUT2D eigenvalue weighted by atomic mass is 16.5. The molecule has 0 spiro atoms. The summed E-state index contributed by atoms with van der Waals surface area (Å²) < 4.78 is 10.8. The Hall–Kier alpha value is -2.70. The van der Waals surface area contributed by atoms with Crippen LogP contribution in [0.25, 0.3) is 0 Å². The Morgan fingerprint density at radius 1 is 0.893 bits per heavy atom. The van der Waals surface area contributed by atoms with E-state index >= 15 is 0 Å². The van der Waals surface area contributed by atoms with Gasteiger partial charge in [0.05, 0.1) is 14.2 Å². The molecule has 0 amide bonds. The number of rotatable bonds is 6. The van der Waals surface area contributed by atoms with Gasteiger partial charge in [0.2, 0.25) is 0 Å². The fraction of sp³-hybridized carbons (Fsp3) is 0.524. The first-order valence-corrected chi connectivity index (χ1v) is 10.1. The number of hydrogen-bond acceptors (Lipinski definition) is 7. The van der Waals surface area contributed by atoms with E-state index in [1.807, 2.05) is 6.07 Å². The van der Waals surface area contributed by atoms with E-state index in [0.717, 1.165) is 61.4 Å². The van der Waals surface area contributed by atoms with E-state index in [-0.39, 0.29) is 0 Å².